The molecule has 1 heterocycles. The molecule has 1 unspecified atom stereocenters. The van der Waals surface area contributed by atoms with Crippen LogP contribution in [0.15, 0.2) is 54.9 Å². The number of carbonyl (C=O) groups is 3. The van der Waals surface area contributed by atoms with Crippen LogP contribution in [0.4, 0.5) is 0 Å². The number of nitrogens with one attached hydrogen (secondary N) is 2. The summed E-state index contributed by atoms with van der Waals surface area (Å²) in [6.45, 7) is 0. The van der Waals surface area contributed by atoms with Crippen LogP contribution in [0.2, 0.25) is 0 Å². The fraction of sp³-hybridized carbons (Fsp3) is 0.364. The molecule has 2 aromatic rings. The number of amides is 2. The first-order valence-electron chi connectivity index (χ1n) is 9.81. The Labute approximate surface area is 169 Å². The van der Waals surface area contributed by atoms with Gasteiger partial charge in [-0.15, -0.1) is 0 Å². The van der Waals surface area contributed by atoms with Gasteiger partial charge in [0.05, 0.1) is 11.5 Å². The van der Waals surface area contributed by atoms with Crippen LogP contribution in [0.1, 0.15) is 41.6 Å². The maximum absolute atomic E-state index is 12.9. The average Bonchev–Trinajstić information content (AvgIpc) is 2.75. The SMILES string of the molecule is O=C(NC(Cc1ccccc1)C(=O)NC1CCC(C(=O)O)CC1)c1cccnc1. The van der Waals surface area contributed by atoms with Crippen molar-refractivity contribution in [2.45, 2.75) is 44.2 Å². The van der Waals surface area contributed by atoms with Crippen LogP contribution in [-0.2, 0) is 16.0 Å². The van der Waals surface area contributed by atoms with Gasteiger partial charge in [-0.1, -0.05) is 30.3 Å². The molecule has 152 valence electrons. The Morgan fingerprint density at radius 3 is 2.38 bits per heavy atom. The summed E-state index contributed by atoms with van der Waals surface area (Å²) >= 11 is 0. The minimum absolute atomic E-state index is 0.0772. The molecule has 1 aromatic carbocycles. The summed E-state index contributed by atoms with van der Waals surface area (Å²) in [6.07, 6.45) is 5.74. The Bertz CT molecular complexity index is 834. The number of hydrogen-bond acceptors (Lipinski definition) is 4. The van der Waals surface area contributed by atoms with Crippen LogP contribution in [-0.4, -0.2) is 40.0 Å². The zero-order chi connectivity index (χ0) is 20.6. The van der Waals surface area contributed by atoms with E-state index in [-0.39, 0.29) is 23.8 Å². The molecule has 0 spiro atoms. The third-order valence-corrected chi connectivity index (χ3v) is 5.25. The number of benzene rings is 1. The number of rotatable bonds is 7. The molecule has 2 amide bonds. The second-order valence-electron chi connectivity index (χ2n) is 7.35. The van der Waals surface area contributed by atoms with Crippen LogP contribution < -0.4 is 10.6 Å². The summed E-state index contributed by atoms with van der Waals surface area (Å²) in [6, 6.07) is 12.0. The van der Waals surface area contributed by atoms with Crippen molar-refractivity contribution in [2.75, 3.05) is 0 Å². The van der Waals surface area contributed by atoms with Gasteiger partial charge < -0.3 is 15.7 Å². The highest BCUT2D eigenvalue weighted by Gasteiger charge is 2.29. The summed E-state index contributed by atoms with van der Waals surface area (Å²) in [5, 5.41) is 14.9. The molecule has 3 N–H and O–H groups in total. The zero-order valence-corrected chi connectivity index (χ0v) is 16.1. The van der Waals surface area contributed by atoms with Gasteiger partial charge in [0, 0.05) is 24.9 Å². The second kappa shape index (κ2) is 9.82. The molecule has 0 radical (unpaired) electrons. The number of aromatic nitrogens is 1. The van der Waals surface area contributed by atoms with E-state index in [1.807, 2.05) is 30.3 Å². The van der Waals surface area contributed by atoms with Crippen molar-refractivity contribution in [3.8, 4) is 0 Å². The minimum atomic E-state index is -0.777. The first-order valence-corrected chi connectivity index (χ1v) is 9.81. The highest BCUT2D eigenvalue weighted by molar-refractivity contribution is 5.97. The lowest BCUT2D eigenvalue weighted by Crippen LogP contribution is -2.51. The van der Waals surface area contributed by atoms with Gasteiger partial charge in [-0.05, 0) is 43.4 Å². The van der Waals surface area contributed by atoms with Crippen LogP contribution in [0.3, 0.4) is 0 Å². The summed E-state index contributed by atoms with van der Waals surface area (Å²) < 4.78 is 0. The lowest BCUT2D eigenvalue weighted by Gasteiger charge is -2.28. The molecule has 1 aromatic heterocycles. The highest BCUT2D eigenvalue weighted by atomic mass is 16.4. The standard InChI is InChI=1S/C22H25N3O4/c26-20(17-7-4-12-23-14-17)25-19(13-15-5-2-1-3-6-15)21(27)24-18-10-8-16(9-11-18)22(28)29/h1-7,12,14,16,18-19H,8-11,13H2,(H,24,27)(H,25,26)(H,28,29). The number of nitrogens with zero attached hydrogens (tertiary/aromatic N) is 1. The van der Waals surface area contributed by atoms with Gasteiger partial charge in [0.1, 0.15) is 6.04 Å². The van der Waals surface area contributed by atoms with Crippen molar-refractivity contribution in [3.05, 3.63) is 66.0 Å². The third-order valence-electron chi connectivity index (χ3n) is 5.25. The molecule has 0 aliphatic heterocycles. The van der Waals surface area contributed by atoms with Gasteiger partial charge in [-0.25, -0.2) is 0 Å². The largest absolute Gasteiger partial charge is 0.481 e. The Kier molecular flexibility index (Phi) is 6.94. The van der Waals surface area contributed by atoms with Gasteiger partial charge >= 0.3 is 5.97 Å². The van der Waals surface area contributed by atoms with Crippen molar-refractivity contribution in [2.24, 2.45) is 5.92 Å². The van der Waals surface area contributed by atoms with Crippen molar-refractivity contribution in [1.82, 2.24) is 15.6 Å². The molecule has 1 aliphatic carbocycles. The fourth-order valence-corrected chi connectivity index (χ4v) is 3.58. The predicted molar refractivity (Wildman–Crippen MR) is 107 cm³/mol. The molecule has 7 heteroatoms. The van der Waals surface area contributed by atoms with E-state index in [2.05, 4.69) is 15.6 Å². The first kappa shape index (κ1) is 20.5. The number of aliphatic carboxylic acids is 1. The third kappa shape index (κ3) is 5.88. The van der Waals surface area contributed by atoms with E-state index in [9.17, 15) is 14.4 Å². The van der Waals surface area contributed by atoms with Crippen molar-refractivity contribution < 1.29 is 19.5 Å². The fourth-order valence-electron chi connectivity index (χ4n) is 3.58. The van der Waals surface area contributed by atoms with Crippen LogP contribution in [0, 0.1) is 5.92 Å². The summed E-state index contributed by atoms with van der Waals surface area (Å²) in [4.78, 5) is 40.6. The van der Waals surface area contributed by atoms with E-state index < -0.39 is 12.0 Å². The zero-order valence-electron chi connectivity index (χ0n) is 16.1. The van der Waals surface area contributed by atoms with E-state index in [0.717, 1.165) is 5.56 Å². The molecule has 1 aliphatic rings. The average molecular weight is 395 g/mol. The van der Waals surface area contributed by atoms with Gasteiger partial charge in [0.2, 0.25) is 5.91 Å². The number of hydrogen-bond donors (Lipinski definition) is 3. The number of carboxylic acids is 1. The lowest BCUT2D eigenvalue weighted by atomic mass is 9.86. The topological polar surface area (TPSA) is 108 Å². The van der Waals surface area contributed by atoms with Gasteiger partial charge in [0.25, 0.3) is 5.91 Å². The Morgan fingerprint density at radius 2 is 1.76 bits per heavy atom. The van der Waals surface area contributed by atoms with Gasteiger partial charge in [-0.3, -0.25) is 19.4 Å². The molecule has 1 fully saturated rings. The Morgan fingerprint density at radius 1 is 1.03 bits per heavy atom. The molecule has 0 saturated heterocycles. The number of pyridine rings is 1. The Balaban J connectivity index is 1.66. The van der Waals surface area contributed by atoms with E-state index in [0.29, 0.717) is 37.7 Å². The highest BCUT2D eigenvalue weighted by Crippen LogP contribution is 2.24. The summed E-state index contributed by atoms with van der Waals surface area (Å²) in [5.41, 5.74) is 1.33. The first-order chi connectivity index (χ1) is 14.0. The molecular formula is C22H25N3O4. The minimum Gasteiger partial charge on any atom is -0.481 e. The molecule has 1 atom stereocenters. The van der Waals surface area contributed by atoms with Gasteiger partial charge in [-0.2, -0.15) is 0 Å². The van der Waals surface area contributed by atoms with Gasteiger partial charge in [0.15, 0.2) is 0 Å². The predicted octanol–water partition coefficient (Wildman–Crippen LogP) is 2.18. The number of carboxylic acid groups (broad SMARTS) is 1. The molecule has 0 bridgehead atoms. The smallest absolute Gasteiger partial charge is 0.306 e. The van der Waals surface area contributed by atoms with Crippen molar-refractivity contribution in [3.63, 3.8) is 0 Å². The summed E-state index contributed by atoms with van der Waals surface area (Å²) in [5.74, 6) is -1.73. The maximum Gasteiger partial charge on any atom is 0.306 e. The van der Waals surface area contributed by atoms with Crippen molar-refractivity contribution >= 4 is 17.8 Å². The molecular weight excluding hydrogens is 370 g/mol. The normalized spacial score (nSPS) is 19.7. The second-order valence-corrected chi connectivity index (χ2v) is 7.35. The number of carbonyl (C=O) groups excluding carboxylic acids is 2. The van der Waals surface area contributed by atoms with Crippen LogP contribution in [0.5, 0.6) is 0 Å². The molecule has 3 rings (SSSR count). The molecule has 7 nitrogen and oxygen atoms in total. The van der Waals surface area contributed by atoms with Crippen molar-refractivity contribution in [1.29, 1.82) is 0 Å². The lowest BCUT2D eigenvalue weighted by molar-refractivity contribution is -0.142. The molecule has 1 saturated carbocycles. The monoisotopic (exact) mass is 395 g/mol. The quantitative estimate of drug-likeness (QED) is 0.666. The van der Waals surface area contributed by atoms with E-state index in [1.54, 1.807) is 18.3 Å². The van der Waals surface area contributed by atoms with E-state index >= 15 is 0 Å². The maximum atomic E-state index is 12.9. The van der Waals surface area contributed by atoms with E-state index in [1.165, 1.54) is 6.20 Å². The van der Waals surface area contributed by atoms with Crippen LogP contribution in [0.25, 0.3) is 0 Å². The Hall–Kier alpha value is -3.22. The van der Waals surface area contributed by atoms with Crippen LogP contribution >= 0.6 is 0 Å². The van der Waals surface area contributed by atoms with E-state index in [4.69, 9.17) is 5.11 Å². The summed E-state index contributed by atoms with van der Waals surface area (Å²) in [7, 11) is 0. The molecule has 29 heavy (non-hydrogen) atoms.